The number of benzene rings is 1. The standard InChI is InChI=1S/C20H27ClN6O2/c1-5-26(6-2)12-11-22-19-23-17-16(18(28)25(4)20(29)24(17)3)27(19)13-14-9-7-8-10-15(14)21/h7-10,16H,5-6,11-13H2,1-4H3/p+1. The number of nitrogens with zero attached hydrogens (tertiary/aromatic N) is 5. The third kappa shape index (κ3) is 4.13. The lowest BCUT2D eigenvalue weighted by atomic mass is 10.1. The van der Waals surface area contributed by atoms with E-state index in [2.05, 4.69) is 29.1 Å². The minimum atomic E-state index is -0.657. The molecule has 8 nitrogen and oxygen atoms in total. The van der Waals surface area contributed by atoms with Crippen LogP contribution in [0.15, 0.2) is 29.3 Å². The summed E-state index contributed by atoms with van der Waals surface area (Å²) in [6, 6.07) is 6.50. The number of hydrogen-bond acceptors (Lipinski definition) is 5. The smallest absolute Gasteiger partial charge is 0.301 e. The number of fused-ring (bicyclic) bond motifs is 1. The molecule has 0 saturated carbocycles. The Balaban J connectivity index is 1.92. The molecule has 9 heteroatoms. The Labute approximate surface area is 176 Å². The van der Waals surface area contributed by atoms with Crippen LogP contribution in [-0.4, -0.2) is 89.3 Å². The molecule has 3 rings (SSSR count). The van der Waals surface area contributed by atoms with Gasteiger partial charge >= 0.3 is 12.0 Å². The number of imide groups is 1. The fourth-order valence-electron chi connectivity index (χ4n) is 3.58. The van der Waals surface area contributed by atoms with Crippen molar-refractivity contribution >= 4 is 35.3 Å². The summed E-state index contributed by atoms with van der Waals surface area (Å²) in [5, 5.41) is 3.99. The molecule has 0 aromatic heterocycles. The number of halogens is 1. The van der Waals surface area contributed by atoms with Crippen molar-refractivity contribution in [3.05, 3.63) is 34.9 Å². The number of amidine groups is 1. The summed E-state index contributed by atoms with van der Waals surface area (Å²) in [6.07, 6.45) is 0. The van der Waals surface area contributed by atoms with E-state index in [1.165, 1.54) is 11.9 Å². The number of nitrogens with one attached hydrogen (secondary N) is 1. The highest BCUT2D eigenvalue weighted by Crippen LogP contribution is 2.22. The fourth-order valence-corrected chi connectivity index (χ4v) is 3.78. The maximum absolute atomic E-state index is 12.9. The number of likely N-dealkylation sites (N-methyl/N-ethyl adjacent to an activating group) is 3. The van der Waals surface area contributed by atoms with E-state index in [1.54, 1.807) is 7.05 Å². The number of rotatable bonds is 7. The van der Waals surface area contributed by atoms with Crippen molar-refractivity contribution in [3.8, 4) is 0 Å². The predicted molar refractivity (Wildman–Crippen MR) is 113 cm³/mol. The Morgan fingerprint density at radius 2 is 1.86 bits per heavy atom. The Kier molecular flexibility index (Phi) is 6.54. The Bertz CT molecular complexity index is 864. The molecule has 0 aliphatic carbocycles. The molecule has 1 unspecified atom stereocenters. The highest BCUT2D eigenvalue weighted by Gasteiger charge is 2.51. The van der Waals surface area contributed by atoms with Crippen LogP contribution >= 0.6 is 11.6 Å². The molecule has 3 amide bonds. The van der Waals surface area contributed by atoms with Crippen molar-refractivity contribution in [1.29, 1.82) is 0 Å². The van der Waals surface area contributed by atoms with Gasteiger partial charge in [0.1, 0.15) is 0 Å². The van der Waals surface area contributed by atoms with E-state index >= 15 is 0 Å². The molecule has 1 aromatic carbocycles. The van der Waals surface area contributed by atoms with Crippen LogP contribution in [0.4, 0.5) is 4.79 Å². The molecule has 2 heterocycles. The minimum Gasteiger partial charge on any atom is -0.301 e. The molecule has 0 spiro atoms. The lowest BCUT2D eigenvalue weighted by Crippen LogP contribution is -2.61. The van der Waals surface area contributed by atoms with Crippen molar-refractivity contribution in [3.63, 3.8) is 0 Å². The van der Waals surface area contributed by atoms with Crippen LogP contribution in [0.2, 0.25) is 5.02 Å². The summed E-state index contributed by atoms with van der Waals surface area (Å²) in [5.74, 6) is 0.732. The molecule has 1 aromatic rings. The molecule has 2 aliphatic heterocycles. The average Bonchev–Trinajstić information content (AvgIpc) is 3.08. The summed E-state index contributed by atoms with van der Waals surface area (Å²) in [5.41, 5.74) is 0.892. The largest absolute Gasteiger partial charge is 0.390 e. The topological polar surface area (TPSA) is 71.3 Å². The highest BCUT2D eigenvalue weighted by molar-refractivity contribution is 6.31. The van der Waals surface area contributed by atoms with Crippen LogP contribution in [-0.2, 0) is 11.3 Å². The normalized spacial score (nSPS) is 19.2. The Hall–Kier alpha value is -2.45. The molecule has 156 valence electrons. The molecule has 1 saturated heterocycles. The van der Waals surface area contributed by atoms with Gasteiger partial charge in [0.2, 0.25) is 11.9 Å². The first-order valence-electron chi connectivity index (χ1n) is 9.86. The van der Waals surface area contributed by atoms with Gasteiger partial charge in [-0.2, -0.15) is 0 Å². The number of amides is 3. The van der Waals surface area contributed by atoms with Gasteiger partial charge in [0.05, 0.1) is 13.1 Å². The zero-order valence-corrected chi connectivity index (χ0v) is 18.1. The number of guanidine groups is 1. The van der Waals surface area contributed by atoms with E-state index in [1.807, 2.05) is 28.8 Å². The number of urea groups is 1. The fraction of sp³-hybridized carbons (Fsp3) is 0.500. The van der Waals surface area contributed by atoms with Gasteiger partial charge in [-0.25, -0.2) is 9.37 Å². The van der Waals surface area contributed by atoms with E-state index in [0.29, 0.717) is 29.9 Å². The Morgan fingerprint density at radius 3 is 2.52 bits per heavy atom. The van der Waals surface area contributed by atoms with Crippen LogP contribution in [0.1, 0.15) is 19.4 Å². The zero-order chi connectivity index (χ0) is 21.1. The number of carbonyl (C=O) groups excluding carboxylic acids is 2. The number of aliphatic imine (C=N–C) groups is 1. The lowest BCUT2D eigenvalue weighted by Gasteiger charge is -2.31. The molecule has 0 bridgehead atoms. The summed E-state index contributed by atoms with van der Waals surface area (Å²) >= 11 is 6.37. The molecule has 29 heavy (non-hydrogen) atoms. The SMILES string of the molecule is CCN(CC)CCNC1=[N+](Cc2ccccc2Cl)C2C(=O)N(C)C(=O)N(C)C2=N1. The highest BCUT2D eigenvalue weighted by atomic mass is 35.5. The lowest BCUT2D eigenvalue weighted by molar-refractivity contribution is -0.553. The molecular weight excluding hydrogens is 392 g/mol. The molecular formula is C20H28ClN6O2+. The van der Waals surface area contributed by atoms with Crippen molar-refractivity contribution < 1.29 is 14.2 Å². The van der Waals surface area contributed by atoms with E-state index in [4.69, 9.17) is 11.6 Å². The predicted octanol–water partition coefficient (Wildman–Crippen LogP) is 1.44. The van der Waals surface area contributed by atoms with Gasteiger partial charge in [0.25, 0.3) is 5.91 Å². The summed E-state index contributed by atoms with van der Waals surface area (Å²) in [6.45, 7) is 8.13. The number of hydrogen-bond donors (Lipinski definition) is 1. The molecule has 0 radical (unpaired) electrons. The van der Waals surface area contributed by atoms with Crippen molar-refractivity contribution in [2.45, 2.75) is 26.4 Å². The van der Waals surface area contributed by atoms with Gasteiger partial charge in [0, 0.05) is 31.2 Å². The first kappa shape index (κ1) is 21.3. The van der Waals surface area contributed by atoms with Crippen LogP contribution in [0, 0.1) is 0 Å². The molecule has 1 atom stereocenters. The first-order chi connectivity index (χ1) is 13.9. The molecule has 1 N–H and O–H groups in total. The van der Waals surface area contributed by atoms with E-state index in [-0.39, 0.29) is 11.9 Å². The second-order valence-corrected chi connectivity index (χ2v) is 7.52. The van der Waals surface area contributed by atoms with Gasteiger partial charge in [-0.3, -0.25) is 19.9 Å². The summed E-state index contributed by atoms with van der Waals surface area (Å²) in [7, 11) is 3.14. The van der Waals surface area contributed by atoms with Gasteiger partial charge in [-0.1, -0.05) is 48.6 Å². The van der Waals surface area contributed by atoms with E-state index in [9.17, 15) is 9.59 Å². The van der Waals surface area contributed by atoms with Crippen molar-refractivity contribution in [2.75, 3.05) is 40.3 Å². The summed E-state index contributed by atoms with van der Waals surface area (Å²) in [4.78, 5) is 34.8. The third-order valence-electron chi connectivity index (χ3n) is 5.43. The first-order valence-corrected chi connectivity index (χ1v) is 10.2. The van der Waals surface area contributed by atoms with Crippen LogP contribution in [0.3, 0.4) is 0 Å². The number of carbonyl (C=O) groups is 2. The minimum absolute atomic E-state index is 0.292. The van der Waals surface area contributed by atoms with Crippen molar-refractivity contribution in [2.24, 2.45) is 4.99 Å². The van der Waals surface area contributed by atoms with E-state index in [0.717, 1.165) is 30.1 Å². The van der Waals surface area contributed by atoms with Gasteiger partial charge < -0.3 is 4.90 Å². The summed E-state index contributed by atoms with van der Waals surface area (Å²) < 4.78 is 1.89. The maximum atomic E-state index is 12.9. The second-order valence-electron chi connectivity index (χ2n) is 7.11. The van der Waals surface area contributed by atoms with Crippen LogP contribution in [0.25, 0.3) is 0 Å². The van der Waals surface area contributed by atoms with Crippen LogP contribution < -0.4 is 5.32 Å². The third-order valence-corrected chi connectivity index (χ3v) is 5.80. The van der Waals surface area contributed by atoms with Gasteiger partial charge in [0.15, 0.2) is 0 Å². The monoisotopic (exact) mass is 419 g/mol. The molecule has 1 fully saturated rings. The van der Waals surface area contributed by atoms with Gasteiger partial charge in [-0.05, 0) is 19.2 Å². The Morgan fingerprint density at radius 1 is 1.17 bits per heavy atom. The zero-order valence-electron chi connectivity index (χ0n) is 17.4. The average molecular weight is 420 g/mol. The van der Waals surface area contributed by atoms with Crippen LogP contribution in [0.5, 0.6) is 0 Å². The van der Waals surface area contributed by atoms with E-state index < -0.39 is 6.04 Å². The van der Waals surface area contributed by atoms with Gasteiger partial charge in [-0.15, -0.1) is 0 Å². The van der Waals surface area contributed by atoms with Crippen molar-refractivity contribution in [1.82, 2.24) is 20.0 Å². The molecule has 2 aliphatic rings. The second kappa shape index (κ2) is 8.92. The quantitative estimate of drug-likeness (QED) is 0.679. The maximum Gasteiger partial charge on any atom is 0.390 e.